The monoisotopic (exact) mass is 402 g/mol. The molecule has 1 aliphatic carbocycles. The zero-order valence-corrected chi connectivity index (χ0v) is 16.5. The Bertz CT molecular complexity index is 864. The molecule has 0 bridgehead atoms. The molecule has 0 radical (unpaired) electrons. The molecule has 1 saturated carbocycles. The lowest BCUT2D eigenvalue weighted by Crippen LogP contribution is -2.33. The third-order valence-electron chi connectivity index (χ3n) is 6.23. The molecule has 0 unspecified atom stereocenters. The molecule has 29 heavy (non-hydrogen) atoms. The second kappa shape index (κ2) is 7.89. The van der Waals surface area contributed by atoms with Gasteiger partial charge in [-0.3, -0.25) is 4.90 Å². The first kappa shape index (κ1) is 20.1. The van der Waals surface area contributed by atoms with E-state index in [-0.39, 0.29) is 5.69 Å². The van der Waals surface area contributed by atoms with Gasteiger partial charge in [-0.15, -0.1) is 0 Å². The molecule has 2 heterocycles. The molecule has 156 valence electrons. The van der Waals surface area contributed by atoms with Gasteiger partial charge < -0.3 is 20.1 Å². The van der Waals surface area contributed by atoms with Crippen LogP contribution in [0.15, 0.2) is 36.4 Å². The average Bonchev–Trinajstić information content (AvgIpc) is 3.17. The number of fused-ring (bicyclic) bond motifs is 1. The van der Waals surface area contributed by atoms with E-state index in [0.29, 0.717) is 24.8 Å². The molecule has 6 nitrogen and oxygen atoms in total. The van der Waals surface area contributed by atoms with Gasteiger partial charge in [0.25, 0.3) is 5.95 Å². The first-order chi connectivity index (χ1) is 13.8. The second-order valence-electron chi connectivity index (χ2n) is 8.46. The fourth-order valence-corrected chi connectivity index (χ4v) is 4.98. The largest absolute Gasteiger partial charge is 0.504 e. The van der Waals surface area contributed by atoms with E-state index in [4.69, 9.17) is 4.74 Å². The van der Waals surface area contributed by atoms with Crippen LogP contribution in [-0.4, -0.2) is 57.5 Å². The summed E-state index contributed by atoms with van der Waals surface area (Å²) in [6, 6.07) is 10.5. The number of aliphatic hydroxyl groups is 2. The minimum Gasteiger partial charge on any atom is -0.504 e. The summed E-state index contributed by atoms with van der Waals surface area (Å²) >= 11 is 0. The van der Waals surface area contributed by atoms with E-state index in [1.54, 1.807) is 7.11 Å². The summed E-state index contributed by atoms with van der Waals surface area (Å²) in [5.41, 5.74) is 0.569. The first-order valence-corrected chi connectivity index (χ1v) is 9.96. The van der Waals surface area contributed by atoms with Crippen molar-refractivity contribution in [1.29, 1.82) is 0 Å². The van der Waals surface area contributed by atoms with E-state index >= 15 is 0 Å². The quantitative estimate of drug-likeness (QED) is 0.643. The van der Waals surface area contributed by atoms with Gasteiger partial charge in [0.2, 0.25) is 0 Å². The lowest BCUT2D eigenvalue weighted by Gasteiger charge is -2.27. The summed E-state index contributed by atoms with van der Waals surface area (Å²) < 4.78 is 18.7. The highest BCUT2D eigenvalue weighted by molar-refractivity contribution is 5.30. The van der Waals surface area contributed by atoms with E-state index in [1.807, 2.05) is 24.3 Å². The van der Waals surface area contributed by atoms with Crippen molar-refractivity contribution in [2.75, 3.05) is 26.7 Å². The van der Waals surface area contributed by atoms with Crippen molar-refractivity contribution in [2.24, 2.45) is 11.8 Å². The average molecular weight is 402 g/mol. The SMILES string of the molecule is COc1cccc(CC2(O)C[C@H]3CN(C[C@@H](O)c4ccc(O)c(F)n4)C[C@@H]3C2)c1. The Morgan fingerprint density at radius 1 is 1.24 bits per heavy atom. The highest BCUT2D eigenvalue weighted by Gasteiger charge is 2.48. The zero-order chi connectivity index (χ0) is 20.6. The number of hydrogen-bond donors (Lipinski definition) is 3. The Hall–Kier alpha value is -2.22. The number of rotatable bonds is 6. The molecule has 4 rings (SSSR count). The number of methoxy groups -OCH3 is 1. The number of ether oxygens (including phenoxy) is 1. The van der Waals surface area contributed by atoms with Crippen LogP contribution in [0.1, 0.15) is 30.2 Å². The van der Waals surface area contributed by atoms with Crippen molar-refractivity contribution < 1.29 is 24.4 Å². The van der Waals surface area contributed by atoms with E-state index in [2.05, 4.69) is 9.88 Å². The van der Waals surface area contributed by atoms with Gasteiger partial charge in [-0.2, -0.15) is 4.39 Å². The molecule has 1 aromatic heterocycles. The minimum absolute atomic E-state index is 0.215. The maximum atomic E-state index is 13.4. The highest BCUT2D eigenvalue weighted by Crippen LogP contribution is 2.45. The van der Waals surface area contributed by atoms with Crippen LogP contribution in [0.4, 0.5) is 4.39 Å². The fourth-order valence-electron chi connectivity index (χ4n) is 4.98. The lowest BCUT2D eigenvalue weighted by atomic mass is 9.91. The van der Waals surface area contributed by atoms with Crippen LogP contribution in [0, 0.1) is 17.8 Å². The van der Waals surface area contributed by atoms with Gasteiger partial charge in [-0.1, -0.05) is 12.1 Å². The number of hydrogen-bond acceptors (Lipinski definition) is 6. The zero-order valence-electron chi connectivity index (χ0n) is 16.5. The van der Waals surface area contributed by atoms with E-state index in [9.17, 15) is 19.7 Å². The number of aromatic nitrogens is 1. The van der Waals surface area contributed by atoms with Crippen molar-refractivity contribution in [2.45, 2.75) is 31.0 Å². The van der Waals surface area contributed by atoms with Crippen molar-refractivity contribution in [3.8, 4) is 11.5 Å². The van der Waals surface area contributed by atoms with Crippen LogP contribution < -0.4 is 4.74 Å². The molecule has 1 aliphatic heterocycles. The number of aliphatic hydroxyl groups excluding tert-OH is 1. The predicted molar refractivity (Wildman–Crippen MR) is 105 cm³/mol. The first-order valence-electron chi connectivity index (χ1n) is 9.96. The molecule has 2 aromatic rings. The molecule has 2 aliphatic rings. The standard InChI is InChI=1S/C22H27FN2O4/c1-29-17-4-2-3-14(7-17)8-22(28)9-15-11-25(12-16(15)10-22)13-20(27)18-5-6-19(26)21(23)24-18/h2-7,15-16,20,26-28H,8-13H2,1H3/t15-,16-,20+/m0/s1. The molecule has 2 fully saturated rings. The molecule has 1 aromatic carbocycles. The summed E-state index contributed by atoms with van der Waals surface area (Å²) in [5, 5.41) is 30.8. The van der Waals surface area contributed by atoms with Gasteiger partial charge in [0, 0.05) is 26.1 Å². The third-order valence-corrected chi connectivity index (χ3v) is 6.23. The van der Waals surface area contributed by atoms with E-state index < -0.39 is 23.4 Å². The second-order valence-corrected chi connectivity index (χ2v) is 8.46. The smallest absolute Gasteiger partial charge is 0.255 e. The minimum atomic E-state index is -0.970. The van der Waals surface area contributed by atoms with Crippen molar-refractivity contribution >= 4 is 0 Å². The number of benzene rings is 1. The maximum absolute atomic E-state index is 13.4. The third kappa shape index (κ3) is 4.37. The Morgan fingerprint density at radius 3 is 2.62 bits per heavy atom. The molecular weight excluding hydrogens is 375 g/mol. The summed E-state index contributed by atoms with van der Waals surface area (Å²) in [4.78, 5) is 5.78. The molecule has 1 saturated heterocycles. The van der Waals surface area contributed by atoms with Gasteiger partial charge in [-0.25, -0.2) is 4.98 Å². The summed E-state index contributed by atoms with van der Waals surface area (Å²) in [6.07, 6.45) is 1.15. The van der Waals surface area contributed by atoms with Crippen LogP contribution >= 0.6 is 0 Å². The highest BCUT2D eigenvalue weighted by atomic mass is 19.1. The number of aromatic hydroxyl groups is 1. The van der Waals surface area contributed by atoms with Crippen LogP contribution in [0.2, 0.25) is 0 Å². The topological polar surface area (TPSA) is 86.1 Å². The normalized spacial score (nSPS) is 24.4. The molecule has 0 spiro atoms. The van der Waals surface area contributed by atoms with Gasteiger partial charge in [0.05, 0.1) is 18.4 Å². The number of likely N-dealkylation sites (tertiary alicyclic amines) is 1. The van der Waals surface area contributed by atoms with Crippen LogP contribution in [0.25, 0.3) is 0 Å². The Morgan fingerprint density at radius 2 is 1.97 bits per heavy atom. The maximum Gasteiger partial charge on any atom is 0.255 e. The lowest BCUT2D eigenvalue weighted by molar-refractivity contribution is 0.0326. The Kier molecular flexibility index (Phi) is 5.46. The molecular formula is C22H27FN2O4. The fraction of sp³-hybridized carbons (Fsp3) is 0.500. The summed E-state index contributed by atoms with van der Waals surface area (Å²) in [7, 11) is 1.64. The van der Waals surface area contributed by atoms with E-state index in [1.165, 1.54) is 12.1 Å². The Balaban J connectivity index is 1.34. The molecule has 7 heteroatoms. The van der Waals surface area contributed by atoms with Crippen LogP contribution in [0.3, 0.4) is 0 Å². The van der Waals surface area contributed by atoms with Crippen LogP contribution in [-0.2, 0) is 6.42 Å². The van der Waals surface area contributed by atoms with Crippen molar-refractivity contribution in [3.63, 3.8) is 0 Å². The van der Waals surface area contributed by atoms with Crippen molar-refractivity contribution in [1.82, 2.24) is 9.88 Å². The number of β-amino-alcohol motifs (C(OH)–C–C–N with tert-alkyl or cyclic N) is 1. The predicted octanol–water partition coefficient (Wildman–Crippen LogP) is 2.28. The van der Waals surface area contributed by atoms with Crippen molar-refractivity contribution in [3.05, 3.63) is 53.6 Å². The molecule has 3 N–H and O–H groups in total. The number of halogens is 1. The van der Waals surface area contributed by atoms with Gasteiger partial charge in [0.15, 0.2) is 5.75 Å². The molecule has 3 atom stereocenters. The number of nitrogens with zero attached hydrogens (tertiary/aromatic N) is 2. The summed E-state index contributed by atoms with van der Waals surface area (Å²) in [6.45, 7) is 1.95. The van der Waals surface area contributed by atoms with Gasteiger partial charge in [0.1, 0.15) is 11.9 Å². The molecule has 0 amide bonds. The van der Waals surface area contributed by atoms with Gasteiger partial charge in [-0.05, 0) is 54.5 Å². The van der Waals surface area contributed by atoms with Crippen LogP contribution in [0.5, 0.6) is 11.5 Å². The van der Waals surface area contributed by atoms with E-state index in [0.717, 1.165) is 37.2 Å². The van der Waals surface area contributed by atoms with Gasteiger partial charge >= 0.3 is 0 Å². The number of pyridine rings is 1. The Labute approximate surface area is 169 Å². The summed E-state index contributed by atoms with van der Waals surface area (Å²) in [5.74, 6) is 0.0581.